The first-order valence-electron chi connectivity index (χ1n) is 24.7. The lowest BCUT2D eigenvalue weighted by Crippen LogP contribution is -2.14. The van der Waals surface area contributed by atoms with Crippen LogP contribution in [0.5, 0.6) is 0 Å². The van der Waals surface area contributed by atoms with Crippen molar-refractivity contribution in [2.75, 3.05) is 9.80 Å². The molecule has 0 bridgehead atoms. The number of rotatable bonds is 8. The minimum absolute atomic E-state index is 0.953. The smallest absolute Gasteiger partial charge is 0.145 e. The normalized spacial score (nSPS) is 11.9. The van der Waals surface area contributed by atoms with Crippen LogP contribution < -0.4 is 9.80 Å². The van der Waals surface area contributed by atoms with Gasteiger partial charge in [-0.25, -0.2) is 9.97 Å². The van der Waals surface area contributed by atoms with Gasteiger partial charge in [0.15, 0.2) is 0 Å². The van der Waals surface area contributed by atoms with Gasteiger partial charge < -0.3 is 9.80 Å². The Morgan fingerprint density at radius 2 is 0.694 bits per heavy atom. The summed E-state index contributed by atoms with van der Waals surface area (Å²) in [6, 6.07) is 75.4. The van der Waals surface area contributed by atoms with Crippen molar-refractivity contribution in [1.82, 2.24) is 19.1 Å². The van der Waals surface area contributed by atoms with Crippen LogP contribution in [0, 0.1) is 27.7 Å². The van der Waals surface area contributed by atoms with E-state index in [2.05, 4.69) is 241 Å². The van der Waals surface area contributed by atoms with Crippen LogP contribution in [0.3, 0.4) is 0 Å². The maximum Gasteiger partial charge on any atom is 0.145 e. The van der Waals surface area contributed by atoms with Gasteiger partial charge in [0.05, 0.1) is 33.8 Å². The van der Waals surface area contributed by atoms with Gasteiger partial charge >= 0.3 is 0 Å². The molecule has 0 atom stereocenters. The minimum Gasteiger partial charge on any atom is -0.309 e. The monoisotopic (exact) mass is 924 g/mol. The highest BCUT2D eigenvalue weighted by Gasteiger charge is 2.25. The highest BCUT2D eigenvalue weighted by Crippen LogP contribution is 2.49. The molecule has 6 nitrogen and oxygen atoms in total. The van der Waals surface area contributed by atoms with Gasteiger partial charge in [-0.15, -0.1) is 0 Å². The second kappa shape index (κ2) is 16.2. The fraction of sp³-hybridized carbons (Fsp3) is 0.0606. The Balaban J connectivity index is 0.951. The Bertz CT molecular complexity index is 4010. The Hall–Kier alpha value is -9.26. The summed E-state index contributed by atoms with van der Waals surface area (Å²) < 4.78 is 4.57. The molecule has 0 saturated heterocycles. The molecule has 10 aromatic carbocycles. The van der Waals surface area contributed by atoms with Crippen molar-refractivity contribution >= 4 is 110 Å². The lowest BCUT2D eigenvalue weighted by atomic mass is 9.91. The molecule has 0 spiro atoms. The molecule has 4 heterocycles. The Kier molecular flexibility index (Phi) is 9.35. The average Bonchev–Trinajstić information content (AvgIpc) is 3.94. The number of aromatic nitrogens is 4. The Morgan fingerprint density at radius 3 is 1.11 bits per heavy atom. The fourth-order valence-corrected chi connectivity index (χ4v) is 11.9. The second-order valence-electron chi connectivity index (χ2n) is 19.2. The molecule has 0 unspecified atom stereocenters. The minimum atomic E-state index is 0.953. The maximum absolute atomic E-state index is 4.88. The number of benzene rings is 10. The van der Waals surface area contributed by atoms with Crippen molar-refractivity contribution in [3.63, 3.8) is 0 Å². The molecule has 14 rings (SSSR count). The third kappa shape index (κ3) is 6.22. The summed E-state index contributed by atoms with van der Waals surface area (Å²) in [5, 5.41) is 12.0. The number of pyridine rings is 2. The lowest BCUT2D eigenvalue weighted by molar-refractivity contribution is 1.13. The molecule has 72 heavy (non-hydrogen) atoms. The summed E-state index contributed by atoms with van der Waals surface area (Å²) in [5.74, 6) is 0. The van der Waals surface area contributed by atoms with Crippen molar-refractivity contribution in [2.24, 2.45) is 0 Å². The predicted molar refractivity (Wildman–Crippen MR) is 303 cm³/mol. The van der Waals surface area contributed by atoms with Gasteiger partial charge in [-0.3, -0.25) is 9.13 Å². The molecule has 0 aliphatic heterocycles. The molecule has 0 fully saturated rings. The van der Waals surface area contributed by atoms with Gasteiger partial charge in [-0.1, -0.05) is 109 Å². The second-order valence-corrected chi connectivity index (χ2v) is 19.2. The van der Waals surface area contributed by atoms with Gasteiger partial charge in [-0.05, 0) is 169 Å². The maximum atomic E-state index is 4.88. The van der Waals surface area contributed by atoms with Crippen LogP contribution in [-0.2, 0) is 0 Å². The summed E-state index contributed by atoms with van der Waals surface area (Å²) >= 11 is 0. The molecule has 0 amide bonds. The van der Waals surface area contributed by atoms with Gasteiger partial charge in [-0.2, -0.15) is 0 Å². The lowest BCUT2D eigenvalue weighted by Gasteiger charge is -2.32. The largest absolute Gasteiger partial charge is 0.309 e. The number of fused-ring (bicyclic) bond motifs is 6. The fourth-order valence-electron chi connectivity index (χ4n) is 11.9. The van der Waals surface area contributed by atoms with Crippen molar-refractivity contribution in [2.45, 2.75) is 27.7 Å². The van der Waals surface area contributed by atoms with Crippen molar-refractivity contribution in [3.05, 3.63) is 241 Å². The van der Waals surface area contributed by atoms with E-state index >= 15 is 0 Å². The van der Waals surface area contributed by atoms with E-state index < -0.39 is 0 Å². The number of hydrogen-bond acceptors (Lipinski definition) is 4. The van der Waals surface area contributed by atoms with Crippen LogP contribution >= 0.6 is 0 Å². The van der Waals surface area contributed by atoms with Crippen LogP contribution in [0.25, 0.3) is 87.6 Å². The molecule has 0 aliphatic rings. The molecule has 342 valence electrons. The third-order valence-corrected chi connectivity index (χ3v) is 15.0. The van der Waals surface area contributed by atoms with E-state index in [9.17, 15) is 0 Å². The zero-order valence-corrected chi connectivity index (χ0v) is 40.5. The molecule has 4 aromatic heterocycles. The van der Waals surface area contributed by atoms with E-state index in [1.807, 2.05) is 24.5 Å². The van der Waals surface area contributed by atoms with E-state index in [1.54, 1.807) is 0 Å². The van der Waals surface area contributed by atoms with E-state index in [-0.39, 0.29) is 0 Å². The molecule has 0 N–H and O–H groups in total. The van der Waals surface area contributed by atoms with Gasteiger partial charge in [0.1, 0.15) is 11.3 Å². The average molecular weight is 925 g/mol. The third-order valence-electron chi connectivity index (χ3n) is 15.0. The van der Waals surface area contributed by atoms with Gasteiger partial charge in [0.2, 0.25) is 0 Å². The summed E-state index contributed by atoms with van der Waals surface area (Å²) in [6.07, 6.45) is 3.77. The number of para-hydroxylation sites is 4. The first-order chi connectivity index (χ1) is 35.4. The summed E-state index contributed by atoms with van der Waals surface area (Å²) in [4.78, 5) is 14.7. The first-order valence-corrected chi connectivity index (χ1v) is 24.7. The van der Waals surface area contributed by atoms with Gasteiger partial charge in [0.25, 0.3) is 0 Å². The molecule has 0 saturated carbocycles. The molecular formula is C66H48N6. The molecule has 6 heteroatoms. The topological polar surface area (TPSA) is 42.1 Å². The number of anilines is 6. The molecule has 0 aliphatic carbocycles. The van der Waals surface area contributed by atoms with E-state index in [1.165, 1.54) is 76.7 Å². The van der Waals surface area contributed by atoms with Gasteiger partial charge in [0, 0.05) is 67.5 Å². The van der Waals surface area contributed by atoms with Crippen molar-refractivity contribution in [1.29, 1.82) is 0 Å². The molecular weight excluding hydrogens is 877 g/mol. The summed E-state index contributed by atoms with van der Waals surface area (Å²) in [7, 11) is 0. The Morgan fingerprint density at radius 1 is 0.319 bits per heavy atom. The SMILES string of the molecule is Cc1cccc(C)c1N(c1ccc(-n2c3ccccc3c3cccnc32)cc1)c1ccc2ccc3c(N(c4ccc(-n5c6ccccc6c6cccnc65)cc4)c4c(C)cccc4C)ccc4ccc1c2c43. The number of nitrogens with zero attached hydrogens (tertiary/aromatic N) is 6. The van der Waals surface area contributed by atoms with Crippen LogP contribution in [0.1, 0.15) is 22.3 Å². The van der Waals surface area contributed by atoms with Crippen LogP contribution in [-0.4, -0.2) is 19.1 Å². The standard InChI is InChI=1S/C66H48N6/c1-41-13-9-14-42(2)63(41)69(47-27-31-49(32-28-47)71-57-21-7-5-17-51(57)53-19-11-39-67-65(53)71)59-37-25-45-24-36-56-60(38-26-46-23-35-55(59)61(45)62(46)56)70(64-43(3)15-10-16-44(64)4)48-29-33-50(34-30-48)72-58-22-8-6-18-52(58)54-20-12-40-68-66(54)72/h5-40H,1-4H3. The van der Waals surface area contributed by atoms with E-state index in [4.69, 9.17) is 9.97 Å². The number of hydrogen-bond donors (Lipinski definition) is 0. The van der Waals surface area contributed by atoms with E-state index in [0.29, 0.717) is 0 Å². The first kappa shape index (κ1) is 41.7. The molecule has 14 aromatic rings. The number of aryl methyl sites for hydroxylation is 4. The highest BCUT2D eigenvalue weighted by atomic mass is 15.2. The summed E-state index contributed by atoms with van der Waals surface area (Å²) in [5.41, 5.74) is 18.0. The van der Waals surface area contributed by atoms with Crippen LogP contribution in [0.2, 0.25) is 0 Å². The predicted octanol–water partition coefficient (Wildman–Crippen LogP) is 17.7. The highest BCUT2D eigenvalue weighted by molar-refractivity contribution is 6.28. The van der Waals surface area contributed by atoms with Crippen molar-refractivity contribution in [3.8, 4) is 11.4 Å². The van der Waals surface area contributed by atoms with Crippen molar-refractivity contribution < 1.29 is 0 Å². The molecule has 0 radical (unpaired) electrons. The van der Waals surface area contributed by atoms with E-state index in [0.717, 1.165) is 67.2 Å². The zero-order valence-electron chi connectivity index (χ0n) is 40.5. The quantitative estimate of drug-likeness (QED) is 0.142. The van der Waals surface area contributed by atoms with Crippen LogP contribution in [0.4, 0.5) is 34.1 Å². The summed E-state index contributed by atoms with van der Waals surface area (Å²) in [6.45, 7) is 8.91. The Labute approximate surface area is 417 Å². The van der Waals surface area contributed by atoms with Crippen LogP contribution in [0.15, 0.2) is 219 Å². The zero-order chi connectivity index (χ0) is 48.2.